The fraction of sp³-hybridized carbons (Fsp3) is 0.615. The summed E-state index contributed by atoms with van der Waals surface area (Å²) in [5.41, 5.74) is 1.14. The van der Waals surface area contributed by atoms with Gasteiger partial charge in [-0.15, -0.1) is 0 Å². The Bertz CT molecular complexity index is 469. The van der Waals surface area contributed by atoms with Crippen LogP contribution in [0.3, 0.4) is 0 Å². The zero-order valence-corrected chi connectivity index (χ0v) is 11.2. The summed E-state index contributed by atoms with van der Waals surface area (Å²) in [7, 11) is 0. The van der Waals surface area contributed by atoms with Crippen LogP contribution in [0.15, 0.2) is 18.5 Å². The summed E-state index contributed by atoms with van der Waals surface area (Å²) in [5, 5.41) is 14.0. The van der Waals surface area contributed by atoms with E-state index in [1.807, 2.05) is 0 Å². The van der Waals surface area contributed by atoms with Gasteiger partial charge in [-0.3, -0.25) is 15.1 Å². The molecule has 1 aliphatic carbocycles. The van der Waals surface area contributed by atoms with Crippen molar-refractivity contribution in [1.29, 1.82) is 0 Å². The van der Waals surface area contributed by atoms with Crippen LogP contribution < -0.4 is 5.32 Å². The highest BCUT2D eigenvalue weighted by Crippen LogP contribution is 2.68. The van der Waals surface area contributed by atoms with Crippen LogP contribution in [0.5, 0.6) is 0 Å². The van der Waals surface area contributed by atoms with E-state index in [9.17, 15) is 10.1 Å². The second-order valence-electron chi connectivity index (χ2n) is 6.03. The first-order valence-corrected chi connectivity index (χ1v) is 6.10. The zero-order chi connectivity index (χ0) is 13.6. The highest BCUT2D eigenvalue weighted by atomic mass is 16.6. The summed E-state index contributed by atoms with van der Waals surface area (Å²) in [4.78, 5) is 14.2. The number of anilines is 1. The molecule has 0 bridgehead atoms. The minimum Gasteiger partial charge on any atom is -0.379 e. The van der Waals surface area contributed by atoms with Gasteiger partial charge >= 0.3 is 5.69 Å². The lowest BCUT2D eigenvalue weighted by molar-refractivity contribution is -0.384. The summed E-state index contributed by atoms with van der Waals surface area (Å²) >= 11 is 0. The Hall–Kier alpha value is -1.65. The molecule has 2 rings (SSSR count). The summed E-state index contributed by atoms with van der Waals surface area (Å²) < 4.78 is 0. The third-order valence-corrected chi connectivity index (χ3v) is 4.81. The van der Waals surface area contributed by atoms with Crippen molar-refractivity contribution in [3.05, 3.63) is 28.6 Å². The Labute approximate surface area is 107 Å². The van der Waals surface area contributed by atoms with Crippen molar-refractivity contribution in [3.63, 3.8) is 0 Å². The second kappa shape index (κ2) is 3.93. The van der Waals surface area contributed by atoms with Gasteiger partial charge in [0.05, 0.1) is 4.92 Å². The molecular formula is C13H19N3O2. The van der Waals surface area contributed by atoms with E-state index < -0.39 is 4.92 Å². The molecule has 1 aliphatic rings. The van der Waals surface area contributed by atoms with Crippen molar-refractivity contribution in [1.82, 2.24) is 4.98 Å². The lowest BCUT2D eigenvalue weighted by atomic mass is 10.0. The average molecular weight is 249 g/mol. The number of nitrogens with one attached hydrogen (secondary N) is 1. The first kappa shape index (κ1) is 12.8. The Kier molecular flexibility index (Phi) is 2.80. The number of aromatic nitrogens is 1. The molecule has 98 valence electrons. The first-order chi connectivity index (χ1) is 8.28. The van der Waals surface area contributed by atoms with Gasteiger partial charge in [-0.2, -0.15) is 0 Å². The van der Waals surface area contributed by atoms with E-state index in [1.165, 1.54) is 6.20 Å². The lowest BCUT2D eigenvalue weighted by Gasteiger charge is -2.07. The number of nitrogens with zero attached hydrogens (tertiary/aromatic N) is 2. The molecule has 0 radical (unpaired) electrons. The highest BCUT2D eigenvalue weighted by molar-refractivity contribution is 5.59. The molecule has 5 heteroatoms. The van der Waals surface area contributed by atoms with E-state index in [4.69, 9.17) is 0 Å². The SMILES string of the molecule is CC1(C)C(CNc2ccncc2[N+](=O)[O-])C1(C)C. The number of hydrogen-bond donors (Lipinski definition) is 1. The molecule has 0 unspecified atom stereocenters. The van der Waals surface area contributed by atoms with Crippen LogP contribution >= 0.6 is 0 Å². The van der Waals surface area contributed by atoms with Gasteiger partial charge in [0, 0.05) is 12.7 Å². The van der Waals surface area contributed by atoms with Gasteiger partial charge in [-0.25, -0.2) is 0 Å². The topological polar surface area (TPSA) is 68.1 Å². The number of rotatable bonds is 4. The Balaban J connectivity index is 2.07. The minimum atomic E-state index is -0.404. The van der Waals surface area contributed by atoms with E-state index in [1.54, 1.807) is 12.3 Å². The summed E-state index contributed by atoms with van der Waals surface area (Å²) in [6, 6.07) is 1.65. The Morgan fingerprint density at radius 1 is 1.39 bits per heavy atom. The molecule has 1 fully saturated rings. The maximum absolute atomic E-state index is 10.9. The van der Waals surface area contributed by atoms with Crippen LogP contribution in [0, 0.1) is 26.9 Å². The predicted octanol–water partition coefficient (Wildman–Crippen LogP) is 3.08. The van der Waals surface area contributed by atoms with Crippen LogP contribution in [-0.2, 0) is 0 Å². The molecule has 0 aliphatic heterocycles. The third kappa shape index (κ3) is 1.83. The molecule has 0 spiro atoms. The van der Waals surface area contributed by atoms with Gasteiger partial charge in [0.25, 0.3) is 0 Å². The van der Waals surface area contributed by atoms with E-state index in [-0.39, 0.29) is 16.5 Å². The molecule has 18 heavy (non-hydrogen) atoms. The number of nitro groups is 1. The highest BCUT2D eigenvalue weighted by Gasteiger charge is 2.64. The second-order valence-corrected chi connectivity index (χ2v) is 6.03. The van der Waals surface area contributed by atoms with E-state index in [0.29, 0.717) is 11.6 Å². The standard InChI is InChI=1S/C13H19N3O2/c1-12(2)11(13(12,3)4)8-15-9-5-6-14-7-10(9)16(17)18/h5-7,11H,8H2,1-4H3,(H,14,15). The number of pyridine rings is 1. The maximum Gasteiger partial charge on any atom is 0.310 e. The molecule has 1 aromatic heterocycles. The molecule has 0 atom stereocenters. The molecule has 1 heterocycles. The van der Waals surface area contributed by atoms with Crippen molar-refractivity contribution in [2.45, 2.75) is 27.7 Å². The lowest BCUT2D eigenvalue weighted by Crippen LogP contribution is -2.09. The average Bonchev–Trinajstić information content (AvgIpc) is 2.67. The number of hydrogen-bond acceptors (Lipinski definition) is 4. The van der Waals surface area contributed by atoms with Crippen molar-refractivity contribution in [2.24, 2.45) is 16.7 Å². The van der Waals surface area contributed by atoms with E-state index in [2.05, 4.69) is 38.0 Å². The normalized spacial score (nSPS) is 20.4. The molecular weight excluding hydrogens is 230 g/mol. The Morgan fingerprint density at radius 3 is 2.50 bits per heavy atom. The van der Waals surface area contributed by atoms with Gasteiger partial charge in [-0.05, 0) is 22.8 Å². The van der Waals surface area contributed by atoms with Gasteiger partial charge in [-0.1, -0.05) is 27.7 Å². The van der Waals surface area contributed by atoms with Crippen molar-refractivity contribution < 1.29 is 4.92 Å². The summed E-state index contributed by atoms with van der Waals surface area (Å²) in [6.07, 6.45) is 2.85. The minimum absolute atomic E-state index is 0.0359. The molecule has 1 aromatic rings. The van der Waals surface area contributed by atoms with E-state index >= 15 is 0 Å². The van der Waals surface area contributed by atoms with Crippen molar-refractivity contribution in [2.75, 3.05) is 11.9 Å². The monoisotopic (exact) mass is 249 g/mol. The molecule has 0 amide bonds. The first-order valence-electron chi connectivity index (χ1n) is 6.10. The fourth-order valence-corrected chi connectivity index (χ4v) is 2.74. The third-order valence-electron chi connectivity index (χ3n) is 4.81. The van der Waals surface area contributed by atoms with Crippen LogP contribution in [0.2, 0.25) is 0 Å². The van der Waals surface area contributed by atoms with Crippen LogP contribution in [0.1, 0.15) is 27.7 Å². The van der Waals surface area contributed by atoms with Crippen LogP contribution in [0.25, 0.3) is 0 Å². The van der Waals surface area contributed by atoms with E-state index in [0.717, 1.165) is 6.54 Å². The largest absolute Gasteiger partial charge is 0.379 e. The molecule has 0 aromatic carbocycles. The van der Waals surface area contributed by atoms with Crippen molar-refractivity contribution >= 4 is 11.4 Å². The van der Waals surface area contributed by atoms with Crippen LogP contribution in [0.4, 0.5) is 11.4 Å². The van der Waals surface area contributed by atoms with Gasteiger partial charge in [0.15, 0.2) is 0 Å². The van der Waals surface area contributed by atoms with Crippen molar-refractivity contribution in [3.8, 4) is 0 Å². The van der Waals surface area contributed by atoms with Gasteiger partial charge in [0.1, 0.15) is 11.9 Å². The van der Waals surface area contributed by atoms with Gasteiger partial charge < -0.3 is 5.32 Å². The van der Waals surface area contributed by atoms with Gasteiger partial charge in [0.2, 0.25) is 0 Å². The molecule has 1 N–H and O–H groups in total. The van der Waals surface area contributed by atoms with Crippen LogP contribution in [-0.4, -0.2) is 16.5 Å². The smallest absolute Gasteiger partial charge is 0.310 e. The molecule has 1 saturated carbocycles. The maximum atomic E-state index is 10.9. The molecule has 0 saturated heterocycles. The quantitative estimate of drug-likeness (QED) is 0.657. The summed E-state index contributed by atoms with van der Waals surface area (Å²) in [5.74, 6) is 0.526. The predicted molar refractivity (Wildman–Crippen MR) is 70.4 cm³/mol. The fourth-order valence-electron chi connectivity index (χ4n) is 2.74. The Morgan fingerprint density at radius 2 is 2.00 bits per heavy atom. The summed E-state index contributed by atoms with van der Waals surface area (Å²) in [6.45, 7) is 9.70. The molecule has 5 nitrogen and oxygen atoms in total. The zero-order valence-electron chi connectivity index (χ0n) is 11.2.